The van der Waals surface area contributed by atoms with E-state index in [4.69, 9.17) is 4.74 Å². The van der Waals surface area contributed by atoms with Gasteiger partial charge >= 0.3 is 0 Å². The first kappa shape index (κ1) is 21.7. The lowest BCUT2D eigenvalue weighted by Crippen LogP contribution is -2.28. The smallest absolute Gasteiger partial charge is 0.229 e. The molecule has 1 heterocycles. The third-order valence-electron chi connectivity index (χ3n) is 6.38. The topological polar surface area (TPSA) is 58.6 Å². The van der Waals surface area contributed by atoms with Crippen molar-refractivity contribution in [1.29, 1.82) is 0 Å². The van der Waals surface area contributed by atoms with Gasteiger partial charge in [-0.25, -0.2) is 0 Å². The summed E-state index contributed by atoms with van der Waals surface area (Å²) >= 11 is 0. The average molecular weight is 451 g/mol. The molecule has 1 fully saturated rings. The Kier molecular flexibility index (Phi) is 5.76. The number of rotatable bonds is 5. The van der Waals surface area contributed by atoms with Gasteiger partial charge in [-0.3, -0.25) is 9.59 Å². The van der Waals surface area contributed by atoms with E-state index in [-0.39, 0.29) is 24.2 Å². The van der Waals surface area contributed by atoms with Crippen LogP contribution in [0.2, 0.25) is 0 Å². The second-order valence-electron chi connectivity index (χ2n) is 8.80. The Morgan fingerprint density at radius 3 is 2.35 bits per heavy atom. The molecule has 1 atom stereocenters. The standard InChI is InChI=1S/C29H26N2O3/c1-19-7-11-25(15-20(19)2)31-18-23(17-28(31)32)29(33)30-24-9-13-26(14-10-24)34-27-12-8-21-5-3-4-6-22(21)16-27/h3-16,23H,17-18H2,1-2H3,(H,30,33)/t23-/m1/s1. The fourth-order valence-corrected chi connectivity index (χ4v) is 4.24. The summed E-state index contributed by atoms with van der Waals surface area (Å²) in [6, 6.07) is 27.3. The lowest BCUT2D eigenvalue weighted by atomic mass is 10.1. The number of benzene rings is 4. The first-order chi connectivity index (χ1) is 16.5. The van der Waals surface area contributed by atoms with Crippen LogP contribution in [0.5, 0.6) is 11.5 Å². The number of hydrogen-bond donors (Lipinski definition) is 1. The summed E-state index contributed by atoms with van der Waals surface area (Å²) in [6.45, 7) is 4.45. The average Bonchev–Trinajstić information content (AvgIpc) is 3.24. The van der Waals surface area contributed by atoms with E-state index in [1.165, 1.54) is 5.56 Å². The number of nitrogens with zero attached hydrogens (tertiary/aromatic N) is 1. The van der Waals surface area contributed by atoms with E-state index in [0.717, 1.165) is 27.8 Å². The van der Waals surface area contributed by atoms with Gasteiger partial charge in [-0.15, -0.1) is 0 Å². The quantitative estimate of drug-likeness (QED) is 0.391. The fraction of sp³-hybridized carbons (Fsp3) is 0.172. The number of fused-ring (bicyclic) bond motifs is 1. The Balaban J connectivity index is 1.21. The van der Waals surface area contributed by atoms with E-state index in [0.29, 0.717) is 18.0 Å². The summed E-state index contributed by atoms with van der Waals surface area (Å²) in [4.78, 5) is 27.1. The third-order valence-corrected chi connectivity index (χ3v) is 6.38. The monoisotopic (exact) mass is 450 g/mol. The number of aryl methyl sites for hydroxylation is 2. The second-order valence-corrected chi connectivity index (χ2v) is 8.80. The molecule has 0 bridgehead atoms. The number of hydrogen-bond acceptors (Lipinski definition) is 3. The van der Waals surface area contributed by atoms with Crippen molar-refractivity contribution in [2.45, 2.75) is 20.3 Å². The Morgan fingerprint density at radius 2 is 1.59 bits per heavy atom. The molecule has 5 nitrogen and oxygen atoms in total. The van der Waals surface area contributed by atoms with Crippen LogP contribution >= 0.6 is 0 Å². The van der Waals surface area contributed by atoms with Crippen LogP contribution in [-0.4, -0.2) is 18.4 Å². The van der Waals surface area contributed by atoms with Crippen molar-refractivity contribution in [3.8, 4) is 11.5 Å². The third kappa shape index (κ3) is 4.50. The van der Waals surface area contributed by atoms with Crippen LogP contribution in [0.4, 0.5) is 11.4 Å². The highest BCUT2D eigenvalue weighted by Crippen LogP contribution is 2.29. The van der Waals surface area contributed by atoms with Crippen molar-refractivity contribution < 1.29 is 14.3 Å². The molecule has 1 aliphatic heterocycles. The largest absolute Gasteiger partial charge is 0.457 e. The van der Waals surface area contributed by atoms with Crippen LogP contribution in [0.15, 0.2) is 84.9 Å². The molecule has 0 aromatic heterocycles. The normalized spacial score (nSPS) is 15.5. The van der Waals surface area contributed by atoms with Gasteiger partial charge < -0.3 is 15.0 Å². The highest BCUT2D eigenvalue weighted by atomic mass is 16.5. The molecule has 1 aliphatic rings. The highest BCUT2D eigenvalue weighted by molar-refractivity contribution is 6.03. The van der Waals surface area contributed by atoms with Gasteiger partial charge in [0.1, 0.15) is 11.5 Å². The number of anilines is 2. The zero-order valence-corrected chi connectivity index (χ0v) is 19.2. The van der Waals surface area contributed by atoms with Crippen LogP contribution in [0.3, 0.4) is 0 Å². The summed E-state index contributed by atoms with van der Waals surface area (Å²) in [7, 11) is 0. The van der Waals surface area contributed by atoms with Gasteiger partial charge in [0.05, 0.1) is 5.92 Å². The maximum Gasteiger partial charge on any atom is 0.229 e. The van der Waals surface area contributed by atoms with Gasteiger partial charge in [-0.2, -0.15) is 0 Å². The second kappa shape index (κ2) is 9.02. The molecule has 4 aromatic rings. The molecule has 0 spiro atoms. The molecule has 4 aromatic carbocycles. The fourth-order valence-electron chi connectivity index (χ4n) is 4.24. The molecule has 1 saturated heterocycles. The first-order valence-electron chi connectivity index (χ1n) is 11.4. The molecule has 0 saturated carbocycles. The first-order valence-corrected chi connectivity index (χ1v) is 11.4. The van der Waals surface area contributed by atoms with Gasteiger partial charge in [0.25, 0.3) is 0 Å². The van der Waals surface area contributed by atoms with E-state index < -0.39 is 0 Å². The van der Waals surface area contributed by atoms with Crippen LogP contribution in [0.1, 0.15) is 17.5 Å². The molecule has 5 rings (SSSR count). The predicted octanol–water partition coefficient (Wildman–Crippen LogP) is 6.24. The molecule has 170 valence electrons. The van der Waals surface area contributed by atoms with Gasteiger partial charge in [-0.1, -0.05) is 36.4 Å². The van der Waals surface area contributed by atoms with Crippen LogP contribution in [0.25, 0.3) is 10.8 Å². The molecule has 2 amide bonds. The van der Waals surface area contributed by atoms with Crippen molar-refractivity contribution in [3.05, 3.63) is 96.1 Å². The van der Waals surface area contributed by atoms with Crippen LogP contribution in [0, 0.1) is 19.8 Å². The van der Waals surface area contributed by atoms with E-state index in [9.17, 15) is 9.59 Å². The van der Waals surface area contributed by atoms with Crippen molar-refractivity contribution >= 4 is 34.0 Å². The van der Waals surface area contributed by atoms with Crippen molar-refractivity contribution in [1.82, 2.24) is 0 Å². The Hall–Kier alpha value is -4.12. The highest BCUT2D eigenvalue weighted by Gasteiger charge is 2.35. The molecule has 5 heteroatoms. The lowest BCUT2D eigenvalue weighted by Gasteiger charge is -2.18. The summed E-state index contributed by atoms with van der Waals surface area (Å²) < 4.78 is 5.98. The minimum absolute atomic E-state index is 0.0254. The van der Waals surface area contributed by atoms with E-state index in [2.05, 4.69) is 17.4 Å². The number of amides is 2. The van der Waals surface area contributed by atoms with E-state index in [1.807, 2.05) is 86.6 Å². The Morgan fingerprint density at radius 1 is 0.853 bits per heavy atom. The van der Waals surface area contributed by atoms with Crippen molar-refractivity contribution in [2.24, 2.45) is 5.92 Å². The van der Waals surface area contributed by atoms with Gasteiger partial charge in [-0.05, 0) is 84.3 Å². The maximum absolute atomic E-state index is 12.8. The van der Waals surface area contributed by atoms with E-state index >= 15 is 0 Å². The minimum atomic E-state index is -0.386. The Bertz CT molecular complexity index is 1380. The van der Waals surface area contributed by atoms with Crippen LogP contribution < -0.4 is 15.0 Å². The SMILES string of the molecule is Cc1ccc(N2C[C@H](C(=O)Nc3ccc(Oc4ccc5ccccc5c4)cc3)CC2=O)cc1C. The van der Waals surface area contributed by atoms with Gasteiger partial charge in [0.2, 0.25) is 11.8 Å². The zero-order valence-electron chi connectivity index (χ0n) is 19.2. The number of carbonyl (C=O) groups is 2. The molecular formula is C29H26N2O3. The summed E-state index contributed by atoms with van der Waals surface area (Å²) in [5.74, 6) is 0.879. The van der Waals surface area contributed by atoms with Crippen molar-refractivity contribution in [2.75, 3.05) is 16.8 Å². The van der Waals surface area contributed by atoms with Gasteiger partial charge in [0, 0.05) is 24.3 Å². The number of ether oxygens (including phenoxy) is 1. The molecule has 0 aliphatic carbocycles. The Labute approximate surface area is 199 Å². The zero-order chi connectivity index (χ0) is 23.7. The number of nitrogens with one attached hydrogen (secondary N) is 1. The van der Waals surface area contributed by atoms with E-state index in [1.54, 1.807) is 4.90 Å². The lowest BCUT2D eigenvalue weighted by molar-refractivity contribution is -0.122. The van der Waals surface area contributed by atoms with Gasteiger partial charge in [0.15, 0.2) is 0 Å². The summed E-state index contributed by atoms with van der Waals surface area (Å²) in [5, 5.41) is 5.22. The number of carbonyl (C=O) groups excluding carboxylic acids is 2. The molecular weight excluding hydrogens is 424 g/mol. The predicted molar refractivity (Wildman–Crippen MR) is 135 cm³/mol. The minimum Gasteiger partial charge on any atom is -0.457 e. The molecule has 0 unspecified atom stereocenters. The summed E-state index contributed by atoms with van der Waals surface area (Å²) in [5.41, 5.74) is 3.83. The maximum atomic E-state index is 12.8. The van der Waals surface area contributed by atoms with Crippen LogP contribution in [-0.2, 0) is 9.59 Å². The van der Waals surface area contributed by atoms with Crippen molar-refractivity contribution in [3.63, 3.8) is 0 Å². The molecule has 0 radical (unpaired) electrons. The molecule has 1 N–H and O–H groups in total. The summed E-state index contributed by atoms with van der Waals surface area (Å²) in [6.07, 6.45) is 0.210. The molecule has 34 heavy (non-hydrogen) atoms.